The van der Waals surface area contributed by atoms with E-state index in [4.69, 9.17) is 0 Å². The maximum absolute atomic E-state index is 2.55. The van der Waals surface area contributed by atoms with Crippen LogP contribution in [0.3, 0.4) is 0 Å². The smallest absolute Gasteiger partial charge is 0.00160 e. The Morgan fingerprint density at radius 3 is 2.18 bits per heavy atom. The van der Waals surface area contributed by atoms with Gasteiger partial charge in [0.2, 0.25) is 0 Å². The molecule has 0 amide bonds. The zero-order chi connectivity index (χ0) is 12.3. The largest absolute Gasteiger partial charge is 0.303 e. The second kappa shape index (κ2) is 9.00. The molecule has 0 saturated carbocycles. The molecule has 1 aromatic rings. The van der Waals surface area contributed by atoms with Gasteiger partial charge in [0.05, 0.1) is 0 Å². The van der Waals surface area contributed by atoms with E-state index in [2.05, 4.69) is 61.2 Å². The van der Waals surface area contributed by atoms with Gasteiger partial charge in [-0.3, -0.25) is 0 Å². The Kier molecular flexibility index (Phi) is 7.40. The predicted molar refractivity (Wildman–Crippen MR) is 77.1 cm³/mol. The Bertz CT molecular complexity index is 297. The van der Waals surface area contributed by atoms with Crippen molar-refractivity contribution < 1.29 is 0 Å². The summed E-state index contributed by atoms with van der Waals surface area (Å²) in [6.45, 7) is 8.15. The lowest BCUT2D eigenvalue weighted by molar-refractivity contribution is 0.280. The molecular formula is C16H25N. The zero-order valence-corrected chi connectivity index (χ0v) is 11.2. The molecule has 1 rings (SSSR count). The maximum Gasteiger partial charge on any atom is 0.00160 e. The molecule has 0 saturated heterocycles. The number of hydrogen-bond donors (Lipinski definition) is 0. The second-order valence-corrected chi connectivity index (χ2v) is 4.44. The Morgan fingerprint density at radius 1 is 0.941 bits per heavy atom. The number of benzene rings is 1. The summed E-state index contributed by atoms with van der Waals surface area (Å²) in [5, 5.41) is 0. The van der Waals surface area contributed by atoms with Gasteiger partial charge in [-0.1, -0.05) is 56.3 Å². The normalized spacial score (nSPS) is 11.5. The molecule has 0 unspecified atom stereocenters. The van der Waals surface area contributed by atoms with Crippen LogP contribution in [0.5, 0.6) is 0 Å². The predicted octanol–water partition coefficient (Wildman–Crippen LogP) is 4.21. The summed E-state index contributed by atoms with van der Waals surface area (Å²) in [5.74, 6) is 0. The minimum atomic E-state index is 1.15. The van der Waals surface area contributed by atoms with Crippen molar-refractivity contribution in [2.75, 3.05) is 19.6 Å². The highest BCUT2D eigenvalue weighted by atomic mass is 15.1. The van der Waals surface area contributed by atoms with Gasteiger partial charge in [-0.05, 0) is 37.9 Å². The molecule has 0 fully saturated rings. The van der Waals surface area contributed by atoms with Crippen LogP contribution in [0.15, 0.2) is 36.4 Å². The molecule has 0 aromatic heterocycles. The van der Waals surface area contributed by atoms with Crippen LogP contribution in [0.4, 0.5) is 0 Å². The molecule has 0 aliphatic heterocycles. The Hall–Kier alpha value is -1.08. The topological polar surface area (TPSA) is 3.24 Å². The summed E-state index contributed by atoms with van der Waals surface area (Å²) in [6.07, 6.45) is 8.16. The van der Waals surface area contributed by atoms with Crippen molar-refractivity contribution in [2.24, 2.45) is 0 Å². The second-order valence-electron chi connectivity index (χ2n) is 4.44. The summed E-state index contributed by atoms with van der Waals surface area (Å²) in [7, 11) is 0. The molecule has 0 aliphatic carbocycles. The van der Waals surface area contributed by atoms with Crippen LogP contribution in [0.1, 0.15) is 38.7 Å². The fraction of sp³-hybridized carbons (Fsp3) is 0.500. The van der Waals surface area contributed by atoms with Crippen LogP contribution in [0.25, 0.3) is 6.08 Å². The monoisotopic (exact) mass is 231 g/mol. The number of hydrogen-bond acceptors (Lipinski definition) is 1. The highest BCUT2D eigenvalue weighted by Crippen LogP contribution is 2.03. The van der Waals surface area contributed by atoms with Gasteiger partial charge in [0, 0.05) is 6.54 Å². The van der Waals surface area contributed by atoms with Crippen LogP contribution < -0.4 is 0 Å². The third kappa shape index (κ3) is 6.28. The van der Waals surface area contributed by atoms with Crippen molar-refractivity contribution in [3.05, 3.63) is 42.0 Å². The van der Waals surface area contributed by atoms with Crippen LogP contribution in [-0.4, -0.2) is 24.5 Å². The van der Waals surface area contributed by atoms with Gasteiger partial charge in [0.15, 0.2) is 0 Å². The van der Waals surface area contributed by atoms with Gasteiger partial charge in [-0.2, -0.15) is 0 Å². The van der Waals surface area contributed by atoms with Gasteiger partial charge in [-0.15, -0.1) is 0 Å². The summed E-state index contributed by atoms with van der Waals surface area (Å²) >= 11 is 0. The SMILES string of the molecule is CCCN(CCC)CCC=Cc1ccccc1. The first kappa shape index (κ1) is 14.0. The molecule has 94 valence electrons. The van der Waals surface area contributed by atoms with E-state index in [9.17, 15) is 0 Å². The van der Waals surface area contributed by atoms with Crippen molar-refractivity contribution in [3.8, 4) is 0 Å². The van der Waals surface area contributed by atoms with Gasteiger partial charge in [0.1, 0.15) is 0 Å². The molecule has 0 aliphatic rings. The highest BCUT2D eigenvalue weighted by molar-refractivity contribution is 5.48. The molecule has 1 heteroatoms. The van der Waals surface area contributed by atoms with E-state index in [0.29, 0.717) is 0 Å². The van der Waals surface area contributed by atoms with E-state index in [-0.39, 0.29) is 0 Å². The highest BCUT2D eigenvalue weighted by Gasteiger charge is 1.99. The molecule has 0 radical (unpaired) electrons. The van der Waals surface area contributed by atoms with Gasteiger partial charge in [-0.25, -0.2) is 0 Å². The van der Waals surface area contributed by atoms with Crippen LogP contribution in [0, 0.1) is 0 Å². The zero-order valence-electron chi connectivity index (χ0n) is 11.2. The van der Waals surface area contributed by atoms with Crippen molar-refractivity contribution in [1.29, 1.82) is 0 Å². The van der Waals surface area contributed by atoms with Crippen molar-refractivity contribution >= 4 is 6.08 Å². The van der Waals surface area contributed by atoms with Gasteiger partial charge < -0.3 is 4.90 Å². The molecular weight excluding hydrogens is 206 g/mol. The van der Waals surface area contributed by atoms with E-state index in [0.717, 1.165) is 6.42 Å². The van der Waals surface area contributed by atoms with Crippen molar-refractivity contribution in [3.63, 3.8) is 0 Å². The number of nitrogens with zero attached hydrogens (tertiary/aromatic N) is 1. The summed E-state index contributed by atoms with van der Waals surface area (Å²) in [6, 6.07) is 10.5. The lowest BCUT2D eigenvalue weighted by atomic mass is 10.2. The average molecular weight is 231 g/mol. The molecule has 1 aromatic carbocycles. The quantitative estimate of drug-likeness (QED) is 0.647. The van der Waals surface area contributed by atoms with E-state index in [1.54, 1.807) is 0 Å². The van der Waals surface area contributed by atoms with E-state index >= 15 is 0 Å². The fourth-order valence-electron chi connectivity index (χ4n) is 2.01. The lowest BCUT2D eigenvalue weighted by Gasteiger charge is -2.19. The molecule has 0 atom stereocenters. The fourth-order valence-corrected chi connectivity index (χ4v) is 2.01. The molecule has 0 N–H and O–H groups in total. The first-order valence-electron chi connectivity index (χ1n) is 6.80. The van der Waals surface area contributed by atoms with Crippen molar-refractivity contribution in [2.45, 2.75) is 33.1 Å². The Labute approximate surface area is 106 Å². The Balaban J connectivity index is 2.28. The summed E-state index contributed by atoms with van der Waals surface area (Å²) in [5.41, 5.74) is 1.30. The minimum absolute atomic E-state index is 1.15. The van der Waals surface area contributed by atoms with Crippen LogP contribution >= 0.6 is 0 Å². The van der Waals surface area contributed by atoms with E-state index in [1.165, 1.54) is 38.0 Å². The molecule has 0 bridgehead atoms. The molecule has 17 heavy (non-hydrogen) atoms. The van der Waals surface area contributed by atoms with E-state index in [1.807, 2.05) is 0 Å². The first-order chi connectivity index (χ1) is 8.36. The first-order valence-corrected chi connectivity index (χ1v) is 6.80. The maximum atomic E-state index is 2.55. The lowest BCUT2D eigenvalue weighted by Crippen LogP contribution is -2.26. The summed E-state index contributed by atoms with van der Waals surface area (Å²) < 4.78 is 0. The summed E-state index contributed by atoms with van der Waals surface area (Å²) in [4.78, 5) is 2.55. The average Bonchev–Trinajstić information content (AvgIpc) is 2.36. The standard InChI is InChI=1S/C16H25N/c1-3-13-17(14-4-2)15-9-8-12-16-10-6-5-7-11-16/h5-8,10-12H,3-4,9,13-15H2,1-2H3. The minimum Gasteiger partial charge on any atom is -0.303 e. The van der Waals surface area contributed by atoms with Crippen molar-refractivity contribution in [1.82, 2.24) is 4.90 Å². The van der Waals surface area contributed by atoms with Gasteiger partial charge >= 0.3 is 0 Å². The van der Waals surface area contributed by atoms with E-state index < -0.39 is 0 Å². The molecule has 0 heterocycles. The van der Waals surface area contributed by atoms with Crippen LogP contribution in [-0.2, 0) is 0 Å². The molecule has 1 nitrogen and oxygen atoms in total. The number of rotatable bonds is 8. The van der Waals surface area contributed by atoms with Gasteiger partial charge in [0.25, 0.3) is 0 Å². The van der Waals surface area contributed by atoms with Crippen LogP contribution in [0.2, 0.25) is 0 Å². The third-order valence-electron chi connectivity index (χ3n) is 2.80. The third-order valence-corrected chi connectivity index (χ3v) is 2.80. The molecule has 0 spiro atoms. The Morgan fingerprint density at radius 2 is 1.59 bits per heavy atom.